The summed E-state index contributed by atoms with van der Waals surface area (Å²) in [5, 5.41) is 8.79. The molecule has 7 nitrogen and oxygen atoms in total. The molecule has 0 unspecified atom stereocenters. The summed E-state index contributed by atoms with van der Waals surface area (Å²) in [6.07, 6.45) is 2.29. The standard InChI is InChI=1S/C14H19N3O4/c1-13(2)7-17(8-14(3,4)21-13)11(18)9-5-16-10(6-15-9)12(19)20/h5-6H,7-8H2,1-4H3,(H,19,20). The van der Waals surface area contributed by atoms with Crippen molar-refractivity contribution in [2.45, 2.75) is 38.9 Å². The van der Waals surface area contributed by atoms with Crippen molar-refractivity contribution in [2.75, 3.05) is 13.1 Å². The second-order valence-corrected chi connectivity index (χ2v) is 6.37. The largest absolute Gasteiger partial charge is 0.476 e. The Hall–Kier alpha value is -2.02. The van der Waals surface area contributed by atoms with Crippen LogP contribution in [0.4, 0.5) is 0 Å². The molecule has 0 radical (unpaired) electrons. The van der Waals surface area contributed by atoms with Gasteiger partial charge in [0.2, 0.25) is 0 Å². The fourth-order valence-corrected chi connectivity index (χ4v) is 2.64. The first kappa shape index (κ1) is 15.4. The van der Waals surface area contributed by atoms with Gasteiger partial charge in [0, 0.05) is 13.1 Å². The van der Waals surface area contributed by atoms with Gasteiger partial charge in [-0.2, -0.15) is 0 Å². The molecular weight excluding hydrogens is 274 g/mol. The van der Waals surface area contributed by atoms with E-state index in [-0.39, 0.29) is 17.3 Å². The van der Waals surface area contributed by atoms with Crippen LogP contribution < -0.4 is 0 Å². The lowest BCUT2D eigenvalue weighted by Crippen LogP contribution is -2.58. The zero-order valence-electron chi connectivity index (χ0n) is 12.6. The van der Waals surface area contributed by atoms with Gasteiger partial charge in [-0.05, 0) is 27.7 Å². The fraction of sp³-hybridized carbons (Fsp3) is 0.571. The molecule has 21 heavy (non-hydrogen) atoms. The third kappa shape index (κ3) is 3.55. The van der Waals surface area contributed by atoms with Crippen molar-refractivity contribution >= 4 is 11.9 Å². The quantitative estimate of drug-likeness (QED) is 0.881. The Morgan fingerprint density at radius 1 is 1.10 bits per heavy atom. The Labute approximate surface area is 123 Å². The van der Waals surface area contributed by atoms with Gasteiger partial charge in [0.05, 0.1) is 23.6 Å². The van der Waals surface area contributed by atoms with Crippen LogP contribution in [0.3, 0.4) is 0 Å². The lowest BCUT2D eigenvalue weighted by atomic mass is 9.98. The van der Waals surface area contributed by atoms with Gasteiger partial charge in [-0.1, -0.05) is 0 Å². The smallest absolute Gasteiger partial charge is 0.356 e. The zero-order chi connectivity index (χ0) is 15.8. The third-order valence-corrected chi connectivity index (χ3v) is 3.07. The average molecular weight is 293 g/mol. The van der Waals surface area contributed by atoms with E-state index in [1.165, 1.54) is 6.20 Å². The first-order valence-corrected chi connectivity index (χ1v) is 6.64. The summed E-state index contributed by atoms with van der Waals surface area (Å²) in [7, 11) is 0. The normalized spacial score (nSPS) is 20.1. The summed E-state index contributed by atoms with van der Waals surface area (Å²) in [6.45, 7) is 8.58. The molecule has 0 atom stereocenters. The van der Waals surface area contributed by atoms with Gasteiger partial charge in [-0.15, -0.1) is 0 Å². The van der Waals surface area contributed by atoms with E-state index in [1.54, 1.807) is 4.90 Å². The first-order chi connectivity index (χ1) is 9.60. The molecule has 1 aliphatic heterocycles. The minimum Gasteiger partial charge on any atom is -0.476 e. The van der Waals surface area contributed by atoms with E-state index in [1.807, 2.05) is 27.7 Å². The topological polar surface area (TPSA) is 92.6 Å². The lowest BCUT2D eigenvalue weighted by molar-refractivity contribution is -0.171. The average Bonchev–Trinajstić information content (AvgIpc) is 2.34. The molecule has 0 aliphatic carbocycles. The summed E-state index contributed by atoms with van der Waals surface area (Å²) < 4.78 is 5.92. The number of amides is 1. The van der Waals surface area contributed by atoms with Crippen LogP contribution >= 0.6 is 0 Å². The Morgan fingerprint density at radius 2 is 1.57 bits per heavy atom. The number of ether oxygens (including phenoxy) is 1. The van der Waals surface area contributed by atoms with Gasteiger partial charge in [0.15, 0.2) is 5.69 Å². The Balaban J connectivity index is 2.21. The number of hydrogen-bond donors (Lipinski definition) is 1. The number of rotatable bonds is 2. The lowest BCUT2D eigenvalue weighted by Gasteiger charge is -2.47. The highest BCUT2D eigenvalue weighted by Gasteiger charge is 2.40. The molecule has 2 heterocycles. The molecular formula is C14H19N3O4. The summed E-state index contributed by atoms with van der Waals surface area (Å²) in [5.41, 5.74) is -0.958. The molecule has 7 heteroatoms. The van der Waals surface area contributed by atoms with E-state index in [2.05, 4.69) is 9.97 Å². The van der Waals surface area contributed by atoms with Gasteiger partial charge in [-0.3, -0.25) is 4.79 Å². The molecule has 0 spiro atoms. The van der Waals surface area contributed by atoms with Gasteiger partial charge in [-0.25, -0.2) is 14.8 Å². The molecule has 1 N–H and O–H groups in total. The number of aromatic nitrogens is 2. The molecule has 1 aromatic heterocycles. The fourth-order valence-electron chi connectivity index (χ4n) is 2.64. The van der Waals surface area contributed by atoms with Crippen molar-refractivity contribution in [3.8, 4) is 0 Å². The van der Waals surface area contributed by atoms with Crippen molar-refractivity contribution in [2.24, 2.45) is 0 Å². The maximum Gasteiger partial charge on any atom is 0.356 e. The van der Waals surface area contributed by atoms with E-state index in [9.17, 15) is 9.59 Å². The SMILES string of the molecule is CC1(C)CN(C(=O)c2cnc(C(=O)O)cn2)CC(C)(C)O1. The van der Waals surface area contributed by atoms with Gasteiger partial charge >= 0.3 is 5.97 Å². The van der Waals surface area contributed by atoms with Crippen LogP contribution in [0.25, 0.3) is 0 Å². The molecule has 0 bridgehead atoms. The Bertz CT molecular complexity index is 550. The molecule has 0 saturated carbocycles. The first-order valence-electron chi connectivity index (χ1n) is 6.64. The molecule has 0 aromatic carbocycles. The highest BCUT2D eigenvalue weighted by Crippen LogP contribution is 2.28. The van der Waals surface area contributed by atoms with Crippen molar-refractivity contribution in [1.29, 1.82) is 0 Å². The summed E-state index contributed by atoms with van der Waals surface area (Å²) in [5.74, 6) is -1.45. The number of carbonyl (C=O) groups is 2. The van der Waals surface area contributed by atoms with E-state index < -0.39 is 17.2 Å². The number of morpholine rings is 1. The minimum absolute atomic E-state index is 0.133. The zero-order valence-corrected chi connectivity index (χ0v) is 12.6. The summed E-state index contributed by atoms with van der Waals surface area (Å²) in [6, 6.07) is 0. The van der Waals surface area contributed by atoms with Crippen LogP contribution in [0.5, 0.6) is 0 Å². The van der Waals surface area contributed by atoms with Crippen molar-refractivity contribution in [1.82, 2.24) is 14.9 Å². The second kappa shape index (κ2) is 5.07. The van der Waals surface area contributed by atoms with Crippen molar-refractivity contribution in [3.63, 3.8) is 0 Å². The van der Waals surface area contributed by atoms with E-state index in [4.69, 9.17) is 9.84 Å². The number of carboxylic acid groups (broad SMARTS) is 1. The monoisotopic (exact) mass is 293 g/mol. The Morgan fingerprint density at radius 3 is 2.00 bits per heavy atom. The molecule has 1 aromatic rings. The second-order valence-electron chi connectivity index (χ2n) is 6.37. The number of nitrogens with zero attached hydrogens (tertiary/aromatic N) is 3. The van der Waals surface area contributed by atoms with Crippen LogP contribution in [-0.2, 0) is 4.74 Å². The number of hydrogen-bond acceptors (Lipinski definition) is 5. The Kier molecular flexibility index (Phi) is 3.71. The van der Waals surface area contributed by atoms with E-state index in [0.29, 0.717) is 13.1 Å². The summed E-state index contributed by atoms with van der Waals surface area (Å²) >= 11 is 0. The highest BCUT2D eigenvalue weighted by atomic mass is 16.5. The molecule has 1 fully saturated rings. The number of aromatic carboxylic acids is 1. The van der Waals surface area contributed by atoms with Crippen molar-refractivity contribution < 1.29 is 19.4 Å². The van der Waals surface area contributed by atoms with E-state index >= 15 is 0 Å². The highest BCUT2D eigenvalue weighted by molar-refractivity contribution is 5.93. The number of carbonyl (C=O) groups excluding carboxylic acids is 1. The molecule has 1 saturated heterocycles. The summed E-state index contributed by atoms with van der Waals surface area (Å²) in [4.78, 5) is 32.5. The molecule has 2 rings (SSSR count). The minimum atomic E-state index is -1.17. The van der Waals surface area contributed by atoms with Gasteiger partial charge in [0.1, 0.15) is 5.69 Å². The van der Waals surface area contributed by atoms with Crippen LogP contribution in [0.15, 0.2) is 12.4 Å². The van der Waals surface area contributed by atoms with Gasteiger partial charge in [0.25, 0.3) is 5.91 Å². The number of carboxylic acids is 1. The van der Waals surface area contributed by atoms with Crippen LogP contribution in [0, 0.1) is 0 Å². The predicted molar refractivity (Wildman–Crippen MR) is 74.1 cm³/mol. The predicted octanol–water partition coefficient (Wildman–Crippen LogP) is 1.20. The van der Waals surface area contributed by atoms with Gasteiger partial charge < -0.3 is 14.7 Å². The van der Waals surface area contributed by atoms with Crippen LogP contribution in [0.1, 0.15) is 48.7 Å². The van der Waals surface area contributed by atoms with Crippen LogP contribution in [0.2, 0.25) is 0 Å². The van der Waals surface area contributed by atoms with Crippen molar-refractivity contribution in [3.05, 3.63) is 23.8 Å². The third-order valence-electron chi connectivity index (χ3n) is 3.07. The molecule has 114 valence electrons. The molecule has 1 aliphatic rings. The van der Waals surface area contributed by atoms with E-state index in [0.717, 1.165) is 6.20 Å². The maximum absolute atomic E-state index is 12.5. The maximum atomic E-state index is 12.5. The van der Waals surface area contributed by atoms with Crippen LogP contribution in [-0.4, -0.2) is 56.1 Å². The molecule has 1 amide bonds.